The van der Waals surface area contributed by atoms with Crippen LogP contribution in [-0.4, -0.2) is 29.0 Å². The summed E-state index contributed by atoms with van der Waals surface area (Å²) >= 11 is 1.64. The lowest BCUT2D eigenvalue weighted by Gasteiger charge is -2.24. The van der Waals surface area contributed by atoms with Crippen molar-refractivity contribution in [3.8, 4) is 0 Å². The monoisotopic (exact) mass is 430 g/mol. The largest absolute Gasteiger partial charge is 0.346 e. The van der Waals surface area contributed by atoms with Crippen molar-refractivity contribution >= 4 is 23.6 Å². The Morgan fingerprint density at radius 2 is 1.65 bits per heavy atom. The Bertz CT molecular complexity index is 1020. The number of hydrogen-bond acceptors (Lipinski definition) is 3. The van der Waals surface area contributed by atoms with Gasteiger partial charge in [-0.2, -0.15) is 0 Å². The number of carbonyl (C=O) groups excluding carboxylic acids is 2. The summed E-state index contributed by atoms with van der Waals surface area (Å²) in [5.41, 5.74) is 3.97. The minimum Gasteiger partial charge on any atom is -0.346 e. The molecule has 1 N–H and O–H groups in total. The summed E-state index contributed by atoms with van der Waals surface area (Å²) in [5.74, 6) is 0.569. The smallest absolute Gasteiger partial charge is 0.251 e. The van der Waals surface area contributed by atoms with Gasteiger partial charge in [0.05, 0.1) is 11.8 Å². The van der Waals surface area contributed by atoms with E-state index in [9.17, 15) is 9.59 Å². The van der Waals surface area contributed by atoms with Gasteiger partial charge in [-0.25, -0.2) is 0 Å². The topological polar surface area (TPSA) is 49.4 Å². The van der Waals surface area contributed by atoms with E-state index < -0.39 is 0 Å². The van der Waals surface area contributed by atoms with E-state index in [1.54, 1.807) is 11.8 Å². The molecule has 1 aliphatic heterocycles. The molecule has 1 saturated heterocycles. The third-order valence-corrected chi connectivity index (χ3v) is 6.81. The number of rotatable bonds is 7. The van der Waals surface area contributed by atoms with Crippen LogP contribution in [0.2, 0.25) is 0 Å². The predicted octanol–water partition coefficient (Wildman–Crippen LogP) is 4.99. The van der Waals surface area contributed by atoms with Gasteiger partial charge in [0, 0.05) is 12.1 Å². The first kappa shape index (κ1) is 21.2. The number of thioether (sulfide) groups is 1. The second-order valence-electron chi connectivity index (χ2n) is 7.71. The molecular weight excluding hydrogens is 404 g/mol. The number of amides is 2. The molecule has 0 aromatic heterocycles. The fraction of sp³-hybridized carbons (Fsp3) is 0.231. The predicted molar refractivity (Wildman–Crippen MR) is 126 cm³/mol. The molecule has 4 nitrogen and oxygen atoms in total. The van der Waals surface area contributed by atoms with Crippen molar-refractivity contribution < 1.29 is 9.59 Å². The minimum absolute atomic E-state index is 0.00318. The summed E-state index contributed by atoms with van der Waals surface area (Å²) < 4.78 is 0. The van der Waals surface area contributed by atoms with Crippen LogP contribution >= 0.6 is 11.8 Å². The molecule has 2 atom stereocenters. The third kappa shape index (κ3) is 5.17. The first-order valence-electron chi connectivity index (χ1n) is 10.5. The Hall–Kier alpha value is -3.05. The maximum absolute atomic E-state index is 12.7. The molecule has 4 rings (SSSR count). The molecule has 0 radical (unpaired) electrons. The summed E-state index contributed by atoms with van der Waals surface area (Å²) in [6, 6.07) is 27.7. The average molecular weight is 431 g/mol. The third-order valence-electron chi connectivity index (χ3n) is 5.56. The van der Waals surface area contributed by atoms with Gasteiger partial charge in [-0.05, 0) is 42.2 Å². The lowest BCUT2D eigenvalue weighted by atomic mass is 10.1. The number of carbonyl (C=O) groups is 2. The van der Waals surface area contributed by atoms with E-state index in [-0.39, 0.29) is 23.2 Å². The zero-order chi connectivity index (χ0) is 21.6. The first-order valence-corrected chi connectivity index (χ1v) is 11.6. The SMILES string of the molecule is C[C@@H](NC(=O)c1ccc([C@@H]2SCC(=O)N2CCc2ccccc2)cc1)c1ccccc1. The Morgan fingerprint density at radius 3 is 2.32 bits per heavy atom. The summed E-state index contributed by atoms with van der Waals surface area (Å²) in [7, 11) is 0. The minimum atomic E-state index is -0.0982. The van der Waals surface area contributed by atoms with Crippen molar-refractivity contribution in [3.05, 3.63) is 107 Å². The average Bonchev–Trinajstić information content (AvgIpc) is 3.19. The molecule has 0 aliphatic carbocycles. The van der Waals surface area contributed by atoms with Gasteiger partial charge >= 0.3 is 0 Å². The normalized spacial score (nSPS) is 16.9. The number of hydrogen-bond donors (Lipinski definition) is 1. The highest BCUT2D eigenvalue weighted by Gasteiger charge is 2.32. The fourth-order valence-electron chi connectivity index (χ4n) is 3.77. The standard InChI is InChI=1S/C26H26N2O2S/c1-19(21-10-6-3-7-11-21)27-25(30)22-12-14-23(15-13-22)26-28(24(29)18-31-26)17-16-20-8-4-2-5-9-20/h2-15,19,26H,16-18H2,1H3,(H,27,30)/t19-,26+/m1/s1. The molecule has 0 bridgehead atoms. The molecule has 1 heterocycles. The Morgan fingerprint density at radius 1 is 1.00 bits per heavy atom. The molecule has 31 heavy (non-hydrogen) atoms. The van der Waals surface area contributed by atoms with E-state index in [1.165, 1.54) is 5.56 Å². The van der Waals surface area contributed by atoms with Gasteiger partial charge in [0.1, 0.15) is 5.37 Å². The molecule has 0 spiro atoms. The zero-order valence-electron chi connectivity index (χ0n) is 17.5. The van der Waals surface area contributed by atoms with Crippen LogP contribution < -0.4 is 5.32 Å². The summed E-state index contributed by atoms with van der Waals surface area (Å²) in [4.78, 5) is 27.1. The quantitative estimate of drug-likeness (QED) is 0.574. The van der Waals surface area contributed by atoms with E-state index in [1.807, 2.05) is 84.6 Å². The molecule has 0 saturated carbocycles. The van der Waals surface area contributed by atoms with Crippen molar-refractivity contribution in [2.24, 2.45) is 0 Å². The highest BCUT2D eigenvalue weighted by molar-refractivity contribution is 8.00. The van der Waals surface area contributed by atoms with Crippen LogP contribution in [-0.2, 0) is 11.2 Å². The van der Waals surface area contributed by atoms with Crippen LogP contribution in [0, 0.1) is 0 Å². The van der Waals surface area contributed by atoms with Crippen LogP contribution in [0.25, 0.3) is 0 Å². The van der Waals surface area contributed by atoms with E-state index in [0.717, 1.165) is 17.5 Å². The Balaban J connectivity index is 1.40. The molecule has 3 aromatic rings. The van der Waals surface area contributed by atoms with Gasteiger partial charge in [-0.15, -0.1) is 11.8 Å². The second kappa shape index (κ2) is 9.84. The van der Waals surface area contributed by atoms with E-state index in [0.29, 0.717) is 17.9 Å². The van der Waals surface area contributed by atoms with Crippen LogP contribution in [0.3, 0.4) is 0 Å². The van der Waals surface area contributed by atoms with Crippen molar-refractivity contribution in [2.75, 3.05) is 12.3 Å². The van der Waals surface area contributed by atoms with Crippen LogP contribution in [0.4, 0.5) is 0 Å². The molecule has 3 aromatic carbocycles. The van der Waals surface area contributed by atoms with E-state index in [2.05, 4.69) is 17.4 Å². The van der Waals surface area contributed by atoms with E-state index in [4.69, 9.17) is 0 Å². The van der Waals surface area contributed by atoms with Crippen molar-refractivity contribution in [3.63, 3.8) is 0 Å². The molecule has 2 amide bonds. The maximum Gasteiger partial charge on any atom is 0.251 e. The molecule has 1 aliphatic rings. The first-order chi connectivity index (χ1) is 15.1. The van der Waals surface area contributed by atoms with Crippen molar-refractivity contribution in [2.45, 2.75) is 24.8 Å². The zero-order valence-corrected chi connectivity index (χ0v) is 18.3. The molecular formula is C26H26N2O2S. The Kier molecular flexibility index (Phi) is 6.73. The van der Waals surface area contributed by atoms with Gasteiger partial charge < -0.3 is 10.2 Å². The molecule has 5 heteroatoms. The summed E-state index contributed by atoms with van der Waals surface area (Å²) in [5, 5.41) is 3.04. The van der Waals surface area contributed by atoms with Crippen LogP contribution in [0.15, 0.2) is 84.9 Å². The summed E-state index contributed by atoms with van der Waals surface area (Å²) in [6.07, 6.45) is 0.835. The lowest BCUT2D eigenvalue weighted by molar-refractivity contribution is -0.128. The van der Waals surface area contributed by atoms with Crippen molar-refractivity contribution in [1.82, 2.24) is 10.2 Å². The number of benzene rings is 3. The molecule has 1 fully saturated rings. The maximum atomic E-state index is 12.7. The highest BCUT2D eigenvalue weighted by atomic mass is 32.2. The summed E-state index contributed by atoms with van der Waals surface area (Å²) in [6.45, 7) is 2.67. The van der Waals surface area contributed by atoms with Gasteiger partial charge in [0.25, 0.3) is 5.91 Å². The number of nitrogens with zero attached hydrogens (tertiary/aromatic N) is 1. The second-order valence-corrected chi connectivity index (χ2v) is 8.78. The van der Waals surface area contributed by atoms with Crippen molar-refractivity contribution in [1.29, 1.82) is 0 Å². The van der Waals surface area contributed by atoms with Crippen LogP contribution in [0.1, 0.15) is 45.4 Å². The van der Waals surface area contributed by atoms with Gasteiger partial charge in [-0.3, -0.25) is 9.59 Å². The molecule has 0 unspecified atom stereocenters. The van der Waals surface area contributed by atoms with Gasteiger partial charge in [0.2, 0.25) is 5.91 Å². The van der Waals surface area contributed by atoms with Gasteiger partial charge in [0.15, 0.2) is 0 Å². The lowest BCUT2D eigenvalue weighted by Crippen LogP contribution is -2.30. The molecule has 158 valence electrons. The fourth-order valence-corrected chi connectivity index (χ4v) is 4.99. The van der Waals surface area contributed by atoms with Crippen LogP contribution in [0.5, 0.6) is 0 Å². The Labute approximate surface area is 187 Å². The number of nitrogens with one attached hydrogen (secondary N) is 1. The van der Waals surface area contributed by atoms with Gasteiger partial charge in [-0.1, -0.05) is 72.8 Å². The highest BCUT2D eigenvalue weighted by Crippen LogP contribution is 2.38. The van der Waals surface area contributed by atoms with E-state index >= 15 is 0 Å².